The smallest absolute Gasteiger partial charge is 0.260 e. The molecule has 4 heteroatoms. The monoisotopic (exact) mass is 220 g/mol. The molecule has 1 fully saturated rings. The van der Waals surface area contributed by atoms with Gasteiger partial charge in [0.25, 0.3) is 5.91 Å². The Labute approximate surface area is 94.8 Å². The first-order chi connectivity index (χ1) is 7.66. The largest absolute Gasteiger partial charge is 0.479 e. The Morgan fingerprint density at radius 2 is 2.19 bits per heavy atom. The predicted octanol–water partition coefficient (Wildman–Crippen LogP) is 1.31. The maximum atomic E-state index is 11.6. The van der Waals surface area contributed by atoms with Crippen molar-refractivity contribution >= 4 is 11.6 Å². The van der Waals surface area contributed by atoms with Crippen LogP contribution in [0.5, 0.6) is 5.75 Å². The molecule has 0 heterocycles. The van der Waals surface area contributed by atoms with Crippen LogP contribution in [0.3, 0.4) is 0 Å². The van der Waals surface area contributed by atoms with E-state index < -0.39 is 6.10 Å². The van der Waals surface area contributed by atoms with Gasteiger partial charge in [0.15, 0.2) is 6.10 Å². The summed E-state index contributed by atoms with van der Waals surface area (Å²) < 4.78 is 5.50. The Bertz CT molecular complexity index is 388. The molecule has 4 nitrogen and oxygen atoms in total. The van der Waals surface area contributed by atoms with Crippen LogP contribution in [0.4, 0.5) is 5.69 Å². The molecule has 16 heavy (non-hydrogen) atoms. The van der Waals surface area contributed by atoms with E-state index in [1.54, 1.807) is 19.1 Å². The zero-order valence-corrected chi connectivity index (χ0v) is 9.27. The number of nitrogens with two attached hydrogens (primary N) is 1. The summed E-state index contributed by atoms with van der Waals surface area (Å²) in [5, 5.41) is 2.89. The van der Waals surface area contributed by atoms with E-state index in [4.69, 9.17) is 10.5 Å². The lowest BCUT2D eigenvalue weighted by molar-refractivity contribution is -0.127. The molecule has 1 aromatic rings. The minimum Gasteiger partial charge on any atom is -0.479 e. The van der Waals surface area contributed by atoms with Gasteiger partial charge in [0.2, 0.25) is 0 Å². The van der Waals surface area contributed by atoms with Gasteiger partial charge in [0.1, 0.15) is 5.75 Å². The van der Waals surface area contributed by atoms with Gasteiger partial charge in [-0.3, -0.25) is 4.79 Å². The summed E-state index contributed by atoms with van der Waals surface area (Å²) >= 11 is 0. The summed E-state index contributed by atoms with van der Waals surface area (Å²) in [4.78, 5) is 11.6. The number of nitrogens with one attached hydrogen (secondary N) is 1. The Kier molecular flexibility index (Phi) is 2.99. The van der Waals surface area contributed by atoms with Gasteiger partial charge in [0.05, 0.1) is 5.69 Å². The normalized spacial score (nSPS) is 16.6. The molecule has 0 spiro atoms. The number of anilines is 1. The number of carbonyl (C=O) groups is 1. The molecule has 1 saturated carbocycles. The summed E-state index contributed by atoms with van der Waals surface area (Å²) in [6.07, 6.45) is 1.64. The molecule has 0 aromatic heterocycles. The van der Waals surface area contributed by atoms with Crippen molar-refractivity contribution in [3.05, 3.63) is 24.3 Å². The molecular weight excluding hydrogens is 204 g/mol. The van der Waals surface area contributed by atoms with Crippen LogP contribution in [0.25, 0.3) is 0 Å². The fourth-order valence-corrected chi connectivity index (χ4v) is 1.38. The summed E-state index contributed by atoms with van der Waals surface area (Å²) in [5.74, 6) is 0.478. The molecule has 0 saturated heterocycles. The summed E-state index contributed by atoms with van der Waals surface area (Å²) in [7, 11) is 0. The van der Waals surface area contributed by atoms with Gasteiger partial charge in [-0.05, 0) is 31.9 Å². The van der Waals surface area contributed by atoms with Crippen molar-refractivity contribution in [3.63, 3.8) is 0 Å². The van der Waals surface area contributed by atoms with E-state index in [0.29, 0.717) is 17.5 Å². The van der Waals surface area contributed by atoms with Gasteiger partial charge in [-0.1, -0.05) is 12.1 Å². The van der Waals surface area contributed by atoms with Crippen LogP contribution >= 0.6 is 0 Å². The Balaban J connectivity index is 1.92. The number of rotatable bonds is 4. The molecule has 0 bridgehead atoms. The third kappa shape index (κ3) is 2.66. The highest BCUT2D eigenvalue weighted by molar-refractivity contribution is 5.81. The first kappa shape index (κ1) is 10.8. The van der Waals surface area contributed by atoms with Crippen LogP contribution in [0.15, 0.2) is 24.3 Å². The Morgan fingerprint density at radius 3 is 2.81 bits per heavy atom. The molecule has 2 rings (SSSR count). The molecule has 3 N–H and O–H groups in total. The number of carbonyl (C=O) groups excluding carboxylic acids is 1. The first-order valence-corrected chi connectivity index (χ1v) is 5.48. The van der Waals surface area contributed by atoms with Crippen LogP contribution in [0.1, 0.15) is 19.8 Å². The van der Waals surface area contributed by atoms with Gasteiger partial charge in [-0.25, -0.2) is 0 Å². The van der Waals surface area contributed by atoms with E-state index in [0.717, 1.165) is 12.8 Å². The zero-order chi connectivity index (χ0) is 11.5. The molecular formula is C12H16N2O2. The highest BCUT2D eigenvalue weighted by atomic mass is 16.5. The average molecular weight is 220 g/mol. The number of hydrogen-bond donors (Lipinski definition) is 2. The number of benzene rings is 1. The molecule has 1 amide bonds. The van der Waals surface area contributed by atoms with Gasteiger partial charge < -0.3 is 15.8 Å². The van der Waals surface area contributed by atoms with Crippen molar-refractivity contribution in [1.29, 1.82) is 0 Å². The van der Waals surface area contributed by atoms with Gasteiger partial charge in [-0.2, -0.15) is 0 Å². The van der Waals surface area contributed by atoms with Crippen LogP contribution in [0, 0.1) is 0 Å². The minimum atomic E-state index is -0.509. The van der Waals surface area contributed by atoms with E-state index >= 15 is 0 Å². The lowest BCUT2D eigenvalue weighted by Crippen LogP contribution is -2.37. The second-order valence-electron chi connectivity index (χ2n) is 4.08. The average Bonchev–Trinajstić information content (AvgIpc) is 3.05. The van der Waals surface area contributed by atoms with E-state index in [9.17, 15) is 4.79 Å². The second kappa shape index (κ2) is 4.43. The molecule has 0 aliphatic heterocycles. The highest BCUT2D eigenvalue weighted by Crippen LogP contribution is 2.22. The molecule has 1 unspecified atom stereocenters. The maximum absolute atomic E-state index is 11.6. The SMILES string of the molecule is CC(Oc1ccccc1N)C(=O)NC1CC1. The van der Waals surface area contributed by atoms with Crippen LogP contribution in [-0.2, 0) is 4.79 Å². The Hall–Kier alpha value is -1.71. The number of ether oxygens (including phenoxy) is 1. The van der Waals surface area contributed by atoms with Gasteiger partial charge >= 0.3 is 0 Å². The second-order valence-corrected chi connectivity index (χ2v) is 4.08. The summed E-state index contributed by atoms with van der Waals surface area (Å²) in [5.41, 5.74) is 6.28. The van der Waals surface area contributed by atoms with Crippen molar-refractivity contribution in [1.82, 2.24) is 5.32 Å². The first-order valence-electron chi connectivity index (χ1n) is 5.48. The molecule has 1 aromatic carbocycles. The van der Waals surface area contributed by atoms with E-state index in [2.05, 4.69) is 5.32 Å². The van der Waals surface area contributed by atoms with Crippen molar-refractivity contribution < 1.29 is 9.53 Å². The minimum absolute atomic E-state index is 0.0780. The van der Waals surface area contributed by atoms with Crippen LogP contribution in [-0.4, -0.2) is 18.1 Å². The number of para-hydroxylation sites is 2. The molecule has 1 aliphatic rings. The van der Waals surface area contributed by atoms with Crippen LogP contribution in [0.2, 0.25) is 0 Å². The topological polar surface area (TPSA) is 64.3 Å². The van der Waals surface area contributed by atoms with Crippen molar-refractivity contribution in [2.24, 2.45) is 0 Å². The van der Waals surface area contributed by atoms with Gasteiger partial charge in [-0.15, -0.1) is 0 Å². The van der Waals surface area contributed by atoms with Crippen molar-refractivity contribution in [2.75, 3.05) is 5.73 Å². The third-order valence-corrected chi connectivity index (χ3v) is 2.52. The predicted molar refractivity (Wildman–Crippen MR) is 62.1 cm³/mol. The molecule has 1 atom stereocenters. The fraction of sp³-hybridized carbons (Fsp3) is 0.417. The third-order valence-electron chi connectivity index (χ3n) is 2.52. The fourth-order valence-electron chi connectivity index (χ4n) is 1.38. The van der Waals surface area contributed by atoms with E-state index in [1.165, 1.54) is 0 Å². The van der Waals surface area contributed by atoms with E-state index in [1.807, 2.05) is 12.1 Å². The number of amides is 1. The quantitative estimate of drug-likeness (QED) is 0.752. The summed E-state index contributed by atoms with van der Waals surface area (Å²) in [6, 6.07) is 7.53. The maximum Gasteiger partial charge on any atom is 0.260 e. The van der Waals surface area contributed by atoms with Gasteiger partial charge in [0, 0.05) is 6.04 Å². The summed E-state index contributed by atoms with van der Waals surface area (Å²) in [6.45, 7) is 1.73. The molecule has 0 radical (unpaired) electrons. The zero-order valence-electron chi connectivity index (χ0n) is 9.27. The van der Waals surface area contributed by atoms with Crippen molar-refractivity contribution in [2.45, 2.75) is 31.9 Å². The van der Waals surface area contributed by atoms with E-state index in [-0.39, 0.29) is 5.91 Å². The molecule has 86 valence electrons. The number of hydrogen-bond acceptors (Lipinski definition) is 3. The molecule has 1 aliphatic carbocycles. The van der Waals surface area contributed by atoms with Crippen LogP contribution < -0.4 is 15.8 Å². The number of nitrogen functional groups attached to an aromatic ring is 1. The highest BCUT2D eigenvalue weighted by Gasteiger charge is 2.26. The standard InChI is InChI=1S/C12H16N2O2/c1-8(12(15)14-9-6-7-9)16-11-5-3-2-4-10(11)13/h2-5,8-9H,6-7,13H2,1H3,(H,14,15). The van der Waals surface area contributed by atoms with Crippen molar-refractivity contribution in [3.8, 4) is 5.75 Å². The Morgan fingerprint density at radius 1 is 1.50 bits per heavy atom. The lowest BCUT2D eigenvalue weighted by Gasteiger charge is -2.15. The lowest BCUT2D eigenvalue weighted by atomic mass is 10.3.